The van der Waals surface area contributed by atoms with Crippen molar-refractivity contribution in [2.45, 2.75) is 84.0 Å². The number of rotatable bonds is 6. The van der Waals surface area contributed by atoms with Gasteiger partial charge in [-0.3, -0.25) is 0 Å². The van der Waals surface area contributed by atoms with Gasteiger partial charge in [0.25, 0.3) is 0 Å². The molecule has 0 bridgehead atoms. The molecular weight excluding hydrogens is 488 g/mol. The molecule has 0 aromatic carbocycles. The van der Waals surface area contributed by atoms with Crippen LogP contribution in [-0.4, -0.2) is 56.5 Å². The van der Waals surface area contributed by atoms with Crippen LogP contribution in [0.2, 0.25) is 84.0 Å². The first-order valence-electron chi connectivity index (χ1n) is 7.73. The van der Waals surface area contributed by atoms with Crippen LogP contribution in [0.15, 0.2) is 0 Å². The van der Waals surface area contributed by atoms with E-state index in [1.54, 1.807) is 0 Å². The molecule has 0 nitrogen and oxygen atoms in total. The van der Waals surface area contributed by atoms with Crippen molar-refractivity contribution in [2.75, 3.05) is 0 Å². The van der Waals surface area contributed by atoms with Gasteiger partial charge in [0.05, 0.1) is 0 Å². The fraction of sp³-hybridized carbons (Fsp3) is 1.00. The first-order valence-corrected chi connectivity index (χ1v) is 26.5. The molecule has 19 heavy (non-hydrogen) atoms. The van der Waals surface area contributed by atoms with Crippen molar-refractivity contribution in [3.63, 3.8) is 0 Å². The average molecular weight is 526 g/mol. The third kappa shape index (κ3) is 7.06. The molecule has 0 aliphatic rings. The summed E-state index contributed by atoms with van der Waals surface area (Å²) in [6.07, 6.45) is 0. The van der Waals surface area contributed by atoms with Crippen LogP contribution in [0.3, 0.4) is 0 Å². The summed E-state index contributed by atoms with van der Waals surface area (Å²) in [4.78, 5) is 0. The second-order valence-corrected chi connectivity index (χ2v) is 47.7. The number of hydrogen-bond acceptors (Lipinski definition) is 0. The molecule has 0 N–H and O–H groups in total. The topological polar surface area (TPSA) is 0 Å². The van der Waals surface area contributed by atoms with Crippen LogP contribution in [0.4, 0.5) is 0 Å². The number of hydrogen-bond donors (Lipinski definition) is 0. The van der Waals surface area contributed by atoms with Crippen molar-refractivity contribution in [3.8, 4) is 0 Å². The van der Waals surface area contributed by atoms with Gasteiger partial charge in [0.2, 0.25) is 0 Å². The molecule has 5 heteroatoms. The Morgan fingerprint density at radius 3 is 0.684 bits per heavy atom. The maximum absolute atomic E-state index is 2.66. The molecule has 0 heterocycles. The van der Waals surface area contributed by atoms with Crippen molar-refractivity contribution in [1.82, 2.24) is 0 Å². The van der Waals surface area contributed by atoms with Crippen molar-refractivity contribution in [2.24, 2.45) is 0 Å². The van der Waals surface area contributed by atoms with E-state index in [9.17, 15) is 0 Å². The average Bonchev–Trinajstić information content (AvgIpc) is 1.91. The molecule has 0 fully saturated rings. The zero-order valence-corrected chi connectivity index (χ0v) is 23.5. The van der Waals surface area contributed by atoms with Gasteiger partial charge in [0.15, 0.2) is 0 Å². The summed E-state index contributed by atoms with van der Waals surface area (Å²) in [6.45, 7) is 31.9. The van der Waals surface area contributed by atoms with Crippen molar-refractivity contribution in [3.05, 3.63) is 0 Å². The molecule has 0 aromatic heterocycles. The van der Waals surface area contributed by atoms with Crippen LogP contribution in [0.25, 0.3) is 0 Å². The summed E-state index contributed by atoms with van der Waals surface area (Å²) in [5, 5.41) is 0. The maximum atomic E-state index is 2.66. The van der Waals surface area contributed by atoms with Crippen LogP contribution in [0.1, 0.15) is 0 Å². The minimum absolute atomic E-state index is 0.529. The van der Waals surface area contributed by atoms with Gasteiger partial charge in [-0.05, 0) is 0 Å². The van der Waals surface area contributed by atoms with Gasteiger partial charge >= 0.3 is 141 Å². The van der Waals surface area contributed by atoms with Gasteiger partial charge in [-0.1, -0.05) is 0 Å². The van der Waals surface area contributed by atoms with Crippen LogP contribution < -0.4 is 0 Å². The summed E-state index contributed by atoms with van der Waals surface area (Å²) in [5.41, 5.74) is 0. The Labute approximate surface area is 139 Å². The predicted molar refractivity (Wildman–Crippen MR) is 107 cm³/mol. The zero-order valence-electron chi connectivity index (χ0n) is 15.7. The van der Waals surface area contributed by atoms with Gasteiger partial charge < -0.3 is 0 Å². The van der Waals surface area contributed by atoms with E-state index in [0.29, 0.717) is 0 Å². The normalized spacial score (nSPS) is 15.1. The molecule has 112 valence electrons. The first-order chi connectivity index (χ1) is 7.97. The summed E-state index contributed by atoms with van der Waals surface area (Å²) in [6, 6.07) is 0. The Hall–Kier alpha value is 1.79. The molecular formula is C14H38PbSi4+2. The zero-order chi connectivity index (χ0) is 15.9. The Balaban J connectivity index is 5.43. The first kappa shape index (κ1) is 20.8. The van der Waals surface area contributed by atoms with Crippen molar-refractivity contribution >= 4 is 56.5 Å². The van der Waals surface area contributed by atoms with E-state index in [-0.39, 0.29) is 0 Å². The molecule has 0 aromatic rings. The standard InChI is InChI=1S/2C7H19Si2.Pb/c2*1-8(2,3)7-9(4,5)6;/h2*7H,1-6H3;/q;;+2. The molecule has 0 aliphatic heterocycles. The molecule has 0 amide bonds. The predicted octanol–water partition coefficient (Wildman–Crippen LogP) is 5.78. The third-order valence-electron chi connectivity index (χ3n) is 3.80. The van der Waals surface area contributed by atoms with Gasteiger partial charge in [0.1, 0.15) is 0 Å². The molecule has 0 rings (SSSR count). The molecule has 0 spiro atoms. The van der Waals surface area contributed by atoms with Crippen molar-refractivity contribution in [1.29, 1.82) is 0 Å². The second kappa shape index (κ2) is 6.50. The molecule has 0 radical (unpaired) electrons. The molecule has 0 saturated heterocycles. The third-order valence-corrected chi connectivity index (χ3v) is 70.0. The Morgan fingerprint density at radius 1 is 0.421 bits per heavy atom. The van der Waals surface area contributed by atoms with E-state index in [2.05, 4.69) is 78.6 Å². The minimum atomic E-state index is -0.950. The fourth-order valence-electron chi connectivity index (χ4n) is 3.76. The van der Waals surface area contributed by atoms with Crippen LogP contribution in [0.5, 0.6) is 0 Å². The van der Waals surface area contributed by atoms with Gasteiger partial charge in [-0.25, -0.2) is 0 Å². The summed E-state index contributed by atoms with van der Waals surface area (Å²) >= 11 is -0.529. The van der Waals surface area contributed by atoms with Crippen LogP contribution >= 0.6 is 0 Å². The van der Waals surface area contributed by atoms with E-state index < -0.39 is 56.5 Å². The molecule has 0 unspecified atom stereocenters. The molecule has 0 atom stereocenters. The molecule has 0 saturated carbocycles. The molecule has 0 aliphatic carbocycles. The second-order valence-electron chi connectivity index (χ2n) is 10.5. The monoisotopic (exact) mass is 526 g/mol. The van der Waals surface area contributed by atoms with Gasteiger partial charge in [-0.15, -0.1) is 0 Å². The Bertz CT molecular complexity index is 231. The van der Waals surface area contributed by atoms with E-state index in [0.717, 1.165) is 0 Å². The van der Waals surface area contributed by atoms with E-state index in [1.165, 1.54) is 5.45 Å². The van der Waals surface area contributed by atoms with E-state index >= 15 is 0 Å². The quantitative estimate of drug-likeness (QED) is 0.386. The Morgan fingerprint density at radius 2 is 0.579 bits per heavy atom. The van der Waals surface area contributed by atoms with E-state index in [1.807, 2.05) is 0 Å². The Kier molecular flexibility index (Phi) is 7.11. The summed E-state index contributed by atoms with van der Waals surface area (Å²) in [5.74, 6) is 0. The summed E-state index contributed by atoms with van der Waals surface area (Å²) < 4.78 is 2.56. The van der Waals surface area contributed by atoms with Gasteiger partial charge in [0, 0.05) is 0 Å². The van der Waals surface area contributed by atoms with Crippen LogP contribution in [0, 0.1) is 0 Å². The van der Waals surface area contributed by atoms with Crippen molar-refractivity contribution < 1.29 is 0 Å². The van der Waals surface area contributed by atoms with Gasteiger partial charge in [-0.2, -0.15) is 0 Å². The summed E-state index contributed by atoms with van der Waals surface area (Å²) in [7, 11) is -3.80. The SMILES string of the molecule is C[Si](C)(C)[CH]([Pb+2][CH]([Si](C)(C)C)[Si](C)(C)C)[Si](C)(C)C. The van der Waals surface area contributed by atoms with Crippen LogP contribution in [-0.2, 0) is 0 Å². The van der Waals surface area contributed by atoms with E-state index in [4.69, 9.17) is 0 Å². The fourth-order valence-corrected chi connectivity index (χ4v) is 62.9.